The molecule has 0 saturated carbocycles. The lowest BCUT2D eigenvalue weighted by Crippen LogP contribution is -2.24. The monoisotopic (exact) mass is 528 g/mol. The van der Waals surface area contributed by atoms with Crippen molar-refractivity contribution in [2.24, 2.45) is 5.10 Å². The summed E-state index contributed by atoms with van der Waals surface area (Å²) >= 11 is 0. The van der Waals surface area contributed by atoms with E-state index in [0.717, 1.165) is 28.2 Å². The van der Waals surface area contributed by atoms with Crippen molar-refractivity contribution in [1.82, 2.24) is 5.01 Å². The third-order valence-electron chi connectivity index (χ3n) is 6.32. The number of methoxy groups -OCH3 is 2. The highest BCUT2D eigenvalue weighted by Gasteiger charge is 2.31. The van der Waals surface area contributed by atoms with Gasteiger partial charge in [-0.05, 0) is 47.9 Å². The number of carbonyl (C=O) groups is 2. The highest BCUT2D eigenvalue weighted by Crippen LogP contribution is 2.34. The van der Waals surface area contributed by atoms with Crippen LogP contribution in [0, 0.1) is 0 Å². The number of ether oxygens (including phenoxy) is 4. The third kappa shape index (κ3) is 6.46. The molecule has 0 spiro atoms. The molecule has 202 valence electrons. The fraction of sp³-hybridized carbons (Fsp3) is 0.258. The number of carbonyl (C=O) groups excluding carboxylic acids is 2. The number of benzene rings is 3. The fourth-order valence-corrected chi connectivity index (χ4v) is 4.47. The summed E-state index contributed by atoms with van der Waals surface area (Å²) in [6.45, 7) is 4.27. The van der Waals surface area contributed by atoms with Crippen LogP contribution in [0.4, 0.5) is 0 Å². The van der Waals surface area contributed by atoms with E-state index >= 15 is 0 Å². The Hall–Kier alpha value is -4.59. The topological polar surface area (TPSA) is 86.7 Å². The smallest absolute Gasteiger partial charge is 0.341 e. The Morgan fingerprint density at radius 3 is 2.44 bits per heavy atom. The summed E-state index contributed by atoms with van der Waals surface area (Å²) in [6.07, 6.45) is 1.94. The van der Waals surface area contributed by atoms with Gasteiger partial charge in [0.1, 0.15) is 23.7 Å². The van der Waals surface area contributed by atoms with Gasteiger partial charge in [-0.3, -0.25) is 4.79 Å². The molecule has 39 heavy (non-hydrogen) atoms. The van der Waals surface area contributed by atoms with E-state index in [2.05, 4.69) is 5.10 Å². The molecule has 0 fully saturated rings. The van der Waals surface area contributed by atoms with Crippen LogP contribution >= 0.6 is 0 Å². The van der Waals surface area contributed by atoms with E-state index in [1.807, 2.05) is 79.7 Å². The van der Waals surface area contributed by atoms with Crippen LogP contribution in [-0.2, 0) is 25.7 Å². The second-order valence-corrected chi connectivity index (χ2v) is 8.86. The standard InChI is InChI=1S/C31H32N2O6/c1-5-38-25-15-13-22(14-16-25)30-18-29(32-33(30)21(2)34)23-10-8-11-26(17-23)39-19-24-9-6-7-12-27(24)28(20-36-3)31(35)37-4/h6-17,20,30H,5,18-19H2,1-4H3/b28-20+. The van der Waals surface area contributed by atoms with E-state index in [4.69, 9.17) is 18.9 Å². The van der Waals surface area contributed by atoms with Gasteiger partial charge in [0.15, 0.2) is 0 Å². The van der Waals surface area contributed by atoms with Crippen LogP contribution in [0.5, 0.6) is 11.5 Å². The van der Waals surface area contributed by atoms with Gasteiger partial charge in [0.05, 0.1) is 38.8 Å². The van der Waals surface area contributed by atoms with Crippen LogP contribution in [0.1, 0.15) is 48.6 Å². The Morgan fingerprint density at radius 1 is 0.974 bits per heavy atom. The first-order valence-corrected chi connectivity index (χ1v) is 12.7. The van der Waals surface area contributed by atoms with Gasteiger partial charge in [-0.1, -0.05) is 48.5 Å². The Balaban J connectivity index is 1.53. The van der Waals surface area contributed by atoms with Gasteiger partial charge in [0, 0.05) is 18.9 Å². The van der Waals surface area contributed by atoms with E-state index < -0.39 is 5.97 Å². The minimum atomic E-state index is -0.498. The van der Waals surface area contributed by atoms with Gasteiger partial charge < -0.3 is 18.9 Å². The molecule has 1 aliphatic rings. The zero-order chi connectivity index (χ0) is 27.8. The number of hydrazone groups is 1. The van der Waals surface area contributed by atoms with Crippen molar-refractivity contribution in [3.8, 4) is 11.5 Å². The molecule has 1 heterocycles. The van der Waals surface area contributed by atoms with Crippen molar-refractivity contribution < 1.29 is 28.5 Å². The minimum absolute atomic E-state index is 0.126. The molecule has 8 nitrogen and oxygen atoms in total. The Kier molecular flexibility index (Phi) is 8.99. The van der Waals surface area contributed by atoms with Gasteiger partial charge in [-0.25, -0.2) is 9.80 Å². The zero-order valence-electron chi connectivity index (χ0n) is 22.5. The molecular formula is C31H32N2O6. The summed E-state index contributed by atoms with van der Waals surface area (Å²) in [5, 5.41) is 6.19. The first-order valence-electron chi connectivity index (χ1n) is 12.7. The Labute approximate surface area is 228 Å². The van der Waals surface area contributed by atoms with Gasteiger partial charge in [0.2, 0.25) is 5.91 Å². The normalized spacial score (nSPS) is 15.0. The fourth-order valence-electron chi connectivity index (χ4n) is 4.47. The molecule has 0 N–H and O–H groups in total. The summed E-state index contributed by atoms with van der Waals surface area (Å²) in [5.74, 6) is 0.804. The van der Waals surface area contributed by atoms with Gasteiger partial charge >= 0.3 is 5.97 Å². The highest BCUT2D eigenvalue weighted by molar-refractivity contribution is 6.16. The molecule has 1 atom stereocenters. The van der Waals surface area contributed by atoms with E-state index in [1.54, 1.807) is 0 Å². The van der Waals surface area contributed by atoms with Gasteiger partial charge in [-0.2, -0.15) is 5.10 Å². The average molecular weight is 529 g/mol. The van der Waals surface area contributed by atoms with Crippen LogP contribution in [0.2, 0.25) is 0 Å². The SMILES string of the molecule is CCOc1ccc(C2CC(c3cccc(OCc4ccccc4/C(=C\OC)C(=O)OC)c3)=NN2C(C)=O)cc1. The third-order valence-corrected chi connectivity index (χ3v) is 6.32. The molecule has 1 aliphatic heterocycles. The molecule has 0 saturated heterocycles. The van der Waals surface area contributed by atoms with Crippen molar-refractivity contribution in [2.45, 2.75) is 32.9 Å². The maximum absolute atomic E-state index is 12.4. The average Bonchev–Trinajstić information content (AvgIpc) is 3.42. The number of amides is 1. The van der Waals surface area contributed by atoms with Crippen molar-refractivity contribution in [2.75, 3.05) is 20.8 Å². The number of hydrogen-bond donors (Lipinski definition) is 0. The molecule has 8 heteroatoms. The molecule has 1 unspecified atom stereocenters. The largest absolute Gasteiger partial charge is 0.503 e. The lowest BCUT2D eigenvalue weighted by Gasteiger charge is -2.20. The molecule has 0 aliphatic carbocycles. The van der Waals surface area contributed by atoms with Crippen LogP contribution < -0.4 is 9.47 Å². The van der Waals surface area contributed by atoms with Crippen molar-refractivity contribution in [3.63, 3.8) is 0 Å². The highest BCUT2D eigenvalue weighted by atomic mass is 16.5. The summed E-state index contributed by atoms with van der Waals surface area (Å²) in [4.78, 5) is 24.7. The Bertz CT molecular complexity index is 1380. The molecule has 3 aromatic rings. The summed E-state index contributed by atoms with van der Waals surface area (Å²) in [5.41, 5.74) is 4.42. The summed E-state index contributed by atoms with van der Waals surface area (Å²) < 4.78 is 21.7. The Morgan fingerprint density at radius 2 is 1.74 bits per heavy atom. The second kappa shape index (κ2) is 12.8. The number of esters is 1. The molecule has 0 radical (unpaired) electrons. The van der Waals surface area contributed by atoms with Crippen molar-refractivity contribution in [1.29, 1.82) is 0 Å². The summed E-state index contributed by atoms with van der Waals surface area (Å²) in [7, 11) is 2.81. The number of rotatable bonds is 10. The predicted octanol–water partition coefficient (Wildman–Crippen LogP) is 5.52. The van der Waals surface area contributed by atoms with E-state index in [1.165, 1.54) is 32.4 Å². The number of nitrogens with zero attached hydrogens (tertiary/aromatic N) is 2. The maximum atomic E-state index is 12.4. The van der Waals surface area contributed by atoms with E-state index in [-0.39, 0.29) is 18.6 Å². The lowest BCUT2D eigenvalue weighted by molar-refractivity contribution is -0.134. The maximum Gasteiger partial charge on any atom is 0.341 e. The molecule has 3 aromatic carbocycles. The molecule has 1 amide bonds. The quantitative estimate of drug-likeness (QED) is 0.196. The van der Waals surface area contributed by atoms with Crippen molar-refractivity contribution >= 4 is 23.2 Å². The molecule has 0 aromatic heterocycles. The van der Waals surface area contributed by atoms with Crippen molar-refractivity contribution in [3.05, 3.63) is 101 Å². The second-order valence-electron chi connectivity index (χ2n) is 8.86. The van der Waals surface area contributed by atoms with Gasteiger partial charge in [-0.15, -0.1) is 0 Å². The number of hydrogen-bond acceptors (Lipinski definition) is 7. The van der Waals surface area contributed by atoms with E-state index in [0.29, 0.717) is 29.9 Å². The minimum Gasteiger partial charge on any atom is -0.503 e. The van der Waals surface area contributed by atoms with E-state index in [9.17, 15) is 9.59 Å². The van der Waals surface area contributed by atoms with Crippen LogP contribution in [0.15, 0.2) is 84.2 Å². The van der Waals surface area contributed by atoms with Crippen LogP contribution in [0.25, 0.3) is 5.57 Å². The van der Waals surface area contributed by atoms with Gasteiger partial charge in [0.25, 0.3) is 0 Å². The first-order chi connectivity index (χ1) is 18.9. The molecular weight excluding hydrogens is 496 g/mol. The first kappa shape index (κ1) is 27.4. The predicted molar refractivity (Wildman–Crippen MR) is 148 cm³/mol. The zero-order valence-corrected chi connectivity index (χ0v) is 22.5. The van der Waals surface area contributed by atoms with Crippen LogP contribution in [-0.4, -0.2) is 43.4 Å². The van der Waals surface area contributed by atoms with Crippen LogP contribution in [0.3, 0.4) is 0 Å². The lowest BCUT2D eigenvalue weighted by atomic mass is 9.98. The summed E-state index contributed by atoms with van der Waals surface area (Å²) in [6, 6.07) is 22.6. The molecule has 0 bridgehead atoms. The molecule has 4 rings (SSSR count).